The highest BCUT2D eigenvalue weighted by Crippen LogP contribution is 2.38. The molecule has 0 aliphatic heterocycles. The highest BCUT2D eigenvalue weighted by Gasteiger charge is 2.23. The lowest BCUT2D eigenvalue weighted by molar-refractivity contribution is 0.288. The SMILES string of the molecule is CCCCCCCCCCCOc1ccc2c(c1F)CCc1nc(OCCCCCCCCCC)ccc1-2. The molecule has 3 rings (SSSR count). The molecule has 0 atom stereocenters. The molecule has 38 heavy (non-hydrogen) atoms. The molecule has 0 amide bonds. The van der Waals surface area contributed by atoms with Gasteiger partial charge in [0.05, 0.1) is 18.9 Å². The number of rotatable bonds is 21. The third kappa shape index (κ3) is 10.2. The number of aromatic nitrogens is 1. The van der Waals surface area contributed by atoms with Crippen molar-refractivity contribution < 1.29 is 13.9 Å². The molecule has 4 heteroatoms. The van der Waals surface area contributed by atoms with E-state index in [4.69, 9.17) is 14.5 Å². The van der Waals surface area contributed by atoms with Crippen molar-refractivity contribution in [2.45, 2.75) is 136 Å². The van der Waals surface area contributed by atoms with Crippen LogP contribution in [0.5, 0.6) is 11.6 Å². The summed E-state index contributed by atoms with van der Waals surface area (Å²) in [5.41, 5.74) is 3.74. The van der Waals surface area contributed by atoms with Crippen LogP contribution in [0.3, 0.4) is 0 Å². The maximum Gasteiger partial charge on any atom is 0.213 e. The Kier molecular flexibility index (Phi) is 14.6. The number of ether oxygens (including phenoxy) is 2. The molecule has 0 spiro atoms. The Morgan fingerprint density at radius 3 is 1.74 bits per heavy atom. The van der Waals surface area contributed by atoms with Crippen LogP contribution in [-0.4, -0.2) is 18.2 Å². The standard InChI is InChI=1S/C34H52FNO2/c1-3-5-7-9-11-13-15-16-18-26-37-32-24-21-28-29-22-25-33(36-31(29)23-20-30(28)34(32)35)38-27-19-17-14-12-10-8-6-4-2/h21-22,24-25H,3-20,23,26-27H2,1-2H3. The molecule has 3 nitrogen and oxygen atoms in total. The van der Waals surface area contributed by atoms with Crippen molar-refractivity contribution in [1.82, 2.24) is 4.98 Å². The lowest BCUT2D eigenvalue weighted by atomic mass is 9.88. The fraction of sp³-hybridized carbons (Fsp3) is 0.676. The summed E-state index contributed by atoms with van der Waals surface area (Å²) >= 11 is 0. The Labute approximate surface area is 231 Å². The zero-order valence-corrected chi connectivity index (χ0v) is 24.3. The van der Waals surface area contributed by atoms with Crippen LogP contribution in [0.4, 0.5) is 4.39 Å². The summed E-state index contributed by atoms with van der Waals surface area (Å²) in [5.74, 6) is 0.890. The summed E-state index contributed by atoms with van der Waals surface area (Å²) in [4.78, 5) is 4.76. The fourth-order valence-electron chi connectivity index (χ4n) is 5.46. The van der Waals surface area contributed by atoms with Gasteiger partial charge in [-0.3, -0.25) is 0 Å². The molecule has 0 fully saturated rings. The molecule has 0 saturated heterocycles. The number of aryl methyl sites for hydroxylation is 1. The molecule has 0 unspecified atom stereocenters. The highest BCUT2D eigenvalue weighted by atomic mass is 19.1. The van der Waals surface area contributed by atoms with Gasteiger partial charge in [-0.2, -0.15) is 0 Å². The molecule has 1 heterocycles. The van der Waals surface area contributed by atoms with E-state index in [1.165, 1.54) is 89.9 Å². The van der Waals surface area contributed by atoms with Crippen molar-refractivity contribution in [3.05, 3.63) is 41.3 Å². The predicted octanol–water partition coefficient (Wildman–Crippen LogP) is 10.4. The summed E-state index contributed by atoms with van der Waals surface area (Å²) in [6.07, 6.45) is 23.1. The minimum absolute atomic E-state index is 0.195. The molecule has 1 aromatic heterocycles. The second-order valence-corrected chi connectivity index (χ2v) is 11.0. The van der Waals surface area contributed by atoms with Gasteiger partial charge in [-0.05, 0) is 48.9 Å². The van der Waals surface area contributed by atoms with Gasteiger partial charge in [0.15, 0.2) is 11.6 Å². The van der Waals surface area contributed by atoms with Crippen LogP contribution in [0.15, 0.2) is 24.3 Å². The number of hydrogen-bond donors (Lipinski definition) is 0. The van der Waals surface area contributed by atoms with Crippen LogP contribution in [0.2, 0.25) is 0 Å². The smallest absolute Gasteiger partial charge is 0.213 e. The average molecular weight is 526 g/mol. The van der Waals surface area contributed by atoms with Crippen LogP contribution in [0.1, 0.15) is 134 Å². The first-order chi connectivity index (χ1) is 18.7. The minimum atomic E-state index is -0.195. The van der Waals surface area contributed by atoms with Crippen molar-refractivity contribution in [2.24, 2.45) is 0 Å². The van der Waals surface area contributed by atoms with E-state index in [-0.39, 0.29) is 5.82 Å². The van der Waals surface area contributed by atoms with Crippen molar-refractivity contribution in [3.8, 4) is 22.8 Å². The number of benzene rings is 1. The number of nitrogens with zero attached hydrogens (tertiary/aromatic N) is 1. The van der Waals surface area contributed by atoms with Crippen molar-refractivity contribution in [3.63, 3.8) is 0 Å². The van der Waals surface area contributed by atoms with E-state index < -0.39 is 0 Å². The Morgan fingerprint density at radius 1 is 0.605 bits per heavy atom. The molecule has 0 radical (unpaired) electrons. The fourth-order valence-corrected chi connectivity index (χ4v) is 5.46. The largest absolute Gasteiger partial charge is 0.491 e. The quantitative estimate of drug-likeness (QED) is 0.152. The highest BCUT2D eigenvalue weighted by molar-refractivity contribution is 5.73. The van der Waals surface area contributed by atoms with Crippen LogP contribution in [0.25, 0.3) is 11.1 Å². The van der Waals surface area contributed by atoms with Crippen LogP contribution >= 0.6 is 0 Å². The van der Waals surface area contributed by atoms with E-state index in [2.05, 4.69) is 13.8 Å². The third-order valence-corrected chi connectivity index (χ3v) is 7.81. The zero-order valence-electron chi connectivity index (χ0n) is 24.3. The first-order valence-electron chi connectivity index (χ1n) is 15.8. The van der Waals surface area contributed by atoms with Gasteiger partial charge in [0.2, 0.25) is 5.88 Å². The maximum atomic E-state index is 15.3. The van der Waals surface area contributed by atoms with E-state index in [1.54, 1.807) is 6.07 Å². The first kappa shape index (κ1) is 30.4. The van der Waals surface area contributed by atoms with E-state index in [0.717, 1.165) is 48.1 Å². The second kappa shape index (κ2) is 18.2. The molecule has 1 aromatic carbocycles. The topological polar surface area (TPSA) is 31.4 Å². The lowest BCUT2D eigenvalue weighted by Crippen LogP contribution is -2.11. The number of fused-ring (bicyclic) bond motifs is 3. The summed E-state index contributed by atoms with van der Waals surface area (Å²) in [5, 5.41) is 0. The molecule has 0 N–H and O–H groups in total. The monoisotopic (exact) mass is 525 g/mol. The molecule has 1 aliphatic rings. The molecule has 212 valence electrons. The number of unbranched alkanes of at least 4 members (excludes halogenated alkanes) is 15. The van der Waals surface area contributed by atoms with Crippen molar-refractivity contribution >= 4 is 0 Å². The van der Waals surface area contributed by atoms with Crippen LogP contribution in [-0.2, 0) is 12.8 Å². The average Bonchev–Trinajstić information content (AvgIpc) is 2.94. The van der Waals surface area contributed by atoms with Gasteiger partial charge in [0.1, 0.15) is 0 Å². The van der Waals surface area contributed by atoms with E-state index >= 15 is 4.39 Å². The van der Waals surface area contributed by atoms with E-state index in [0.29, 0.717) is 31.3 Å². The van der Waals surface area contributed by atoms with Crippen LogP contribution in [0, 0.1) is 5.82 Å². The van der Waals surface area contributed by atoms with Crippen molar-refractivity contribution in [1.29, 1.82) is 0 Å². The molecular formula is C34H52FNO2. The first-order valence-corrected chi connectivity index (χ1v) is 15.8. The molecule has 2 aromatic rings. The Hall–Kier alpha value is -2.10. The van der Waals surface area contributed by atoms with Gasteiger partial charge < -0.3 is 9.47 Å². The van der Waals surface area contributed by atoms with Gasteiger partial charge in [-0.25, -0.2) is 9.37 Å². The van der Waals surface area contributed by atoms with Gasteiger partial charge in [-0.15, -0.1) is 0 Å². The Morgan fingerprint density at radius 2 is 1.13 bits per heavy atom. The van der Waals surface area contributed by atoms with Gasteiger partial charge in [-0.1, -0.05) is 116 Å². The number of hydrogen-bond acceptors (Lipinski definition) is 3. The summed E-state index contributed by atoms with van der Waals surface area (Å²) in [6.45, 7) is 5.81. The number of halogens is 1. The maximum absolute atomic E-state index is 15.3. The summed E-state index contributed by atoms with van der Waals surface area (Å²) in [7, 11) is 0. The van der Waals surface area contributed by atoms with Crippen molar-refractivity contribution in [2.75, 3.05) is 13.2 Å². The summed E-state index contributed by atoms with van der Waals surface area (Å²) < 4.78 is 27.1. The lowest BCUT2D eigenvalue weighted by Gasteiger charge is -2.21. The zero-order chi connectivity index (χ0) is 26.8. The predicted molar refractivity (Wildman–Crippen MR) is 158 cm³/mol. The Bertz CT molecular complexity index is 929. The molecule has 0 saturated carbocycles. The molecule has 0 bridgehead atoms. The number of pyridine rings is 1. The van der Waals surface area contributed by atoms with Gasteiger partial charge in [0, 0.05) is 11.6 Å². The second-order valence-electron chi connectivity index (χ2n) is 11.0. The third-order valence-electron chi connectivity index (χ3n) is 7.81. The normalized spacial score (nSPS) is 12.3. The van der Waals surface area contributed by atoms with Gasteiger partial charge >= 0.3 is 0 Å². The summed E-state index contributed by atoms with van der Waals surface area (Å²) in [6, 6.07) is 7.78. The van der Waals surface area contributed by atoms with E-state index in [9.17, 15) is 0 Å². The van der Waals surface area contributed by atoms with E-state index in [1.807, 2.05) is 18.2 Å². The van der Waals surface area contributed by atoms with Gasteiger partial charge in [0.25, 0.3) is 0 Å². The molecule has 1 aliphatic carbocycles. The molecular weight excluding hydrogens is 473 g/mol. The van der Waals surface area contributed by atoms with Crippen LogP contribution < -0.4 is 9.47 Å². The Balaban J connectivity index is 1.39. The minimum Gasteiger partial charge on any atom is -0.491 e.